The number of benzene rings is 1. The molecule has 1 aliphatic heterocycles. The molecule has 2 heterocycles. The molecule has 4 heteroatoms. The van der Waals surface area contributed by atoms with Gasteiger partial charge in [-0.1, -0.05) is 18.2 Å². The number of nitrogens with zero attached hydrogens (tertiary/aromatic N) is 1. The summed E-state index contributed by atoms with van der Waals surface area (Å²) in [7, 11) is 0. The molecule has 1 N–H and O–H groups in total. The summed E-state index contributed by atoms with van der Waals surface area (Å²) in [4.78, 5) is 3.48. The normalized spacial score (nSPS) is 21.8. The summed E-state index contributed by atoms with van der Waals surface area (Å²) < 4.78 is 14.5. The molecule has 0 amide bonds. The maximum absolute atomic E-state index is 12.4. The number of H-pyrrole nitrogens is 1. The minimum atomic E-state index is -0.904. The van der Waals surface area contributed by atoms with Crippen LogP contribution in [0.2, 0.25) is 0 Å². The molecule has 102 valence electrons. The Morgan fingerprint density at radius 2 is 2.11 bits per heavy atom. The van der Waals surface area contributed by atoms with Crippen molar-refractivity contribution in [1.29, 1.82) is 0 Å². The Kier molecular flexibility index (Phi) is 3.33. The molecule has 19 heavy (non-hydrogen) atoms. The molecule has 0 saturated carbocycles. The van der Waals surface area contributed by atoms with Crippen LogP contribution in [0, 0.1) is 0 Å². The zero-order valence-corrected chi connectivity index (χ0v) is 12.5. The van der Waals surface area contributed by atoms with Crippen LogP contribution in [0.25, 0.3) is 10.9 Å². The molecule has 1 unspecified atom stereocenters. The van der Waals surface area contributed by atoms with E-state index in [9.17, 15) is 4.55 Å². The van der Waals surface area contributed by atoms with E-state index in [0.717, 1.165) is 13.0 Å². The molecule has 0 saturated heterocycles. The quantitative estimate of drug-likeness (QED) is 0.857. The van der Waals surface area contributed by atoms with Crippen LogP contribution in [0.3, 0.4) is 0 Å². The second-order valence-electron chi connectivity index (χ2n) is 5.58. The van der Waals surface area contributed by atoms with Gasteiger partial charge < -0.3 is 9.54 Å². The highest BCUT2D eigenvalue weighted by Gasteiger charge is 2.34. The van der Waals surface area contributed by atoms with Gasteiger partial charge in [-0.2, -0.15) is 0 Å². The lowest BCUT2D eigenvalue weighted by atomic mass is 10.00. The van der Waals surface area contributed by atoms with E-state index >= 15 is 0 Å². The summed E-state index contributed by atoms with van der Waals surface area (Å²) >= 11 is -0.904. The minimum Gasteiger partial charge on any atom is -0.598 e. The van der Waals surface area contributed by atoms with Crippen LogP contribution in [0.4, 0.5) is 0 Å². The zero-order chi connectivity index (χ0) is 13.6. The number of para-hydroxylation sites is 1. The first-order valence-corrected chi connectivity index (χ1v) is 8.00. The maximum Gasteiger partial charge on any atom is 0.130 e. The summed E-state index contributed by atoms with van der Waals surface area (Å²) in [6, 6.07) is 8.75. The second-order valence-corrected chi connectivity index (χ2v) is 7.55. The van der Waals surface area contributed by atoms with Gasteiger partial charge in [-0.25, -0.2) is 0 Å². The number of aromatic amines is 1. The van der Waals surface area contributed by atoms with Gasteiger partial charge in [-0.15, -0.1) is 4.31 Å². The monoisotopic (exact) mass is 276 g/mol. The van der Waals surface area contributed by atoms with Gasteiger partial charge in [0.15, 0.2) is 0 Å². The Bertz CT molecular complexity index is 593. The first kappa shape index (κ1) is 13.0. The minimum absolute atomic E-state index is 0.174. The van der Waals surface area contributed by atoms with Crippen LogP contribution < -0.4 is 0 Å². The smallest absolute Gasteiger partial charge is 0.130 e. The lowest BCUT2D eigenvalue weighted by molar-refractivity contribution is 0.304. The van der Waals surface area contributed by atoms with Gasteiger partial charge in [0.1, 0.15) is 5.25 Å². The van der Waals surface area contributed by atoms with Crippen molar-refractivity contribution in [2.24, 2.45) is 0 Å². The molecule has 0 fully saturated rings. The number of aromatic nitrogens is 1. The average Bonchev–Trinajstić information content (AvgIpc) is 2.74. The molecule has 0 bridgehead atoms. The number of fused-ring (bicyclic) bond motifs is 3. The Morgan fingerprint density at radius 3 is 2.84 bits per heavy atom. The maximum atomic E-state index is 12.4. The Labute approximate surface area is 117 Å². The molecule has 1 aromatic heterocycles. The van der Waals surface area contributed by atoms with Gasteiger partial charge in [0.05, 0.1) is 12.6 Å². The van der Waals surface area contributed by atoms with Crippen molar-refractivity contribution in [2.75, 3.05) is 0 Å². The molecule has 0 spiro atoms. The lowest BCUT2D eigenvalue weighted by Crippen LogP contribution is -2.45. The van der Waals surface area contributed by atoms with Crippen LogP contribution in [0.15, 0.2) is 24.3 Å². The molecular weight excluding hydrogens is 256 g/mol. The third-order valence-corrected chi connectivity index (χ3v) is 5.60. The van der Waals surface area contributed by atoms with E-state index in [1.807, 2.05) is 13.8 Å². The van der Waals surface area contributed by atoms with Crippen molar-refractivity contribution in [2.45, 2.75) is 45.0 Å². The predicted octanol–water partition coefficient (Wildman–Crippen LogP) is 2.99. The largest absolute Gasteiger partial charge is 0.598 e. The van der Waals surface area contributed by atoms with Gasteiger partial charge >= 0.3 is 0 Å². The summed E-state index contributed by atoms with van der Waals surface area (Å²) in [6.07, 6.45) is 0.970. The molecular formula is C15H20N2OS. The summed E-state index contributed by atoms with van der Waals surface area (Å²) in [5.74, 6) is 0. The van der Waals surface area contributed by atoms with E-state index in [4.69, 9.17) is 0 Å². The highest BCUT2D eigenvalue weighted by molar-refractivity contribution is 7.89. The number of hydrogen-bond donors (Lipinski definition) is 1. The van der Waals surface area contributed by atoms with E-state index in [2.05, 4.69) is 40.5 Å². The molecule has 1 aliphatic rings. The fourth-order valence-electron chi connectivity index (χ4n) is 2.84. The van der Waals surface area contributed by atoms with E-state index in [0.29, 0.717) is 6.04 Å². The van der Waals surface area contributed by atoms with Crippen LogP contribution in [0.1, 0.15) is 32.0 Å². The molecule has 2 aromatic rings. The van der Waals surface area contributed by atoms with Gasteiger partial charge in [0.25, 0.3) is 0 Å². The van der Waals surface area contributed by atoms with Crippen LogP contribution in [-0.4, -0.2) is 25.1 Å². The summed E-state index contributed by atoms with van der Waals surface area (Å²) in [5.41, 5.74) is 3.82. The second kappa shape index (κ2) is 4.85. The topological polar surface area (TPSA) is 42.1 Å². The van der Waals surface area contributed by atoms with Gasteiger partial charge in [-0.05, 0) is 38.8 Å². The first-order valence-electron chi connectivity index (χ1n) is 6.83. The third kappa shape index (κ3) is 2.18. The van der Waals surface area contributed by atoms with Crippen molar-refractivity contribution < 1.29 is 4.55 Å². The fourth-order valence-corrected chi connectivity index (χ4v) is 4.07. The van der Waals surface area contributed by atoms with Gasteiger partial charge in [0, 0.05) is 28.0 Å². The Morgan fingerprint density at radius 1 is 1.37 bits per heavy atom. The summed E-state index contributed by atoms with van der Waals surface area (Å²) in [6.45, 7) is 6.97. The number of rotatable bonds is 2. The molecule has 0 radical (unpaired) electrons. The van der Waals surface area contributed by atoms with E-state index < -0.39 is 11.4 Å². The van der Waals surface area contributed by atoms with Crippen molar-refractivity contribution in [3.05, 3.63) is 35.5 Å². The van der Waals surface area contributed by atoms with E-state index in [-0.39, 0.29) is 5.25 Å². The molecule has 0 aliphatic carbocycles. The number of hydrogen-bond acceptors (Lipinski definition) is 2. The predicted molar refractivity (Wildman–Crippen MR) is 80.3 cm³/mol. The lowest BCUT2D eigenvalue weighted by Gasteiger charge is -2.34. The highest BCUT2D eigenvalue weighted by atomic mass is 32.2. The average molecular weight is 276 g/mol. The molecule has 3 rings (SSSR count). The molecule has 3 nitrogen and oxygen atoms in total. The van der Waals surface area contributed by atoms with E-state index in [1.165, 1.54) is 22.2 Å². The van der Waals surface area contributed by atoms with Crippen molar-refractivity contribution in [3.8, 4) is 0 Å². The van der Waals surface area contributed by atoms with Crippen molar-refractivity contribution >= 4 is 22.3 Å². The summed E-state index contributed by atoms with van der Waals surface area (Å²) in [5, 5.41) is 1.49. The van der Waals surface area contributed by atoms with Crippen LogP contribution in [-0.2, 0) is 24.3 Å². The molecule has 1 aromatic carbocycles. The SMILES string of the molecule is CC(C)[S+]([O-])N1Cc2[nH]c3ccccc3c2C[C@H]1C. The van der Waals surface area contributed by atoms with Gasteiger partial charge in [0.2, 0.25) is 0 Å². The number of nitrogens with one attached hydrogen (secondary N) is 1. The third-order valence-electron chi connectivity index (χ3n) is 3.84. The zero-order valence-electron chi connectivity index (χ0n) is 11.6. The Hall–Kier alpha value is -0.970. The van der Waals surface area contributed by atoms with Crippen molar-refractivity contribution in [3.63, 3.8) is 0 Å². The molecule has 2 atom stereocenters. The van der Waals surface area contributed by atoms with Crippen LogP contribution in [0.5, 0.6) is 0 Å². The highest BCUT2D eigenvalue weighted by Crippen LogP contribution is 2.32. The van der Waals surface area contributed by atoms with Crippen molar-refractivity contribution in [1.82, 2.24) is 9.29 Å². The van der Waals surface area contributed by atoms with Crippen LogP contribution >= 0.6 is 0 Å². The fraction of sp³-hybridized carbons (Fsp3) is 0.467. The first-order chi connectivity index (χ1) is 9.08. The Balaban J connectivity index is 1.99. The van der Waals surface area contributed by atoms with Gasteiger partial charge in [-0.3, -0.25) is 0 Å². The standard InChI is InChI=1S/C15H20N2OS/c1-10(2)19(18)17-9-15-13(8-11(17)3)12-6-4-5-7-14(12)16-15/h4-7,10-11,16H,8-9H2,1-3H3/t11-,19?/m1/s1. The van der Waals surface area contributed by atoms with E-state index in [1.54, 1.807) is 0 Å².